The molecule has 0 radical (unpaired) electrons. The molecule has 0 atom stereocenters. The summed E-state index contributed by atoms with van der Waals surface area (Å²) in [5.74, 6) is 1.73. The summed E-state index contributed by atoms with van der Waals surface area (Å²) >= 11 is 0. The first-order valence-electron chi connectivity index (χ1n) is 10.00. The van der Waals surface area contributed by atoms with Gasteiger partial charge >= 0.3 is 0 Å². The number of aryl methyl sites for hydroxylation is 1. The molecule has 0 unspecified atom stereocenters. The standard InChI is InChI=1S/C24H32/c1-3-7-19-11-15-21(16-12-19)23-9-5-6-10-24(23)22-17-13-20(8-4-2)14-18-22/h5-6,9-12,15-16,20,22H,3-4,7-8,13-14,17-18H2,1-2H3/t20-,22-. The molecule has 0 aliphatic heterocycles. The highest BCUT2D eigenvalue weighted by molar-refractivity contribution is 5.68. The molecule has 1 aliphatic rings. The molecule has 128 valence electrons. The van der Waals surface area contributed by atoms with E-state index in [1.165, 1.54) is 68.1 Å². The van der Waals surface area contributed by atoms with Gasteiger partial charge in [-0.25, -0.2) is 0 Å². The Morgan fingerprint density at radius 3 is 2.17 bits per heavy atom. The predicted octanol–water partition coefficient (Wildman–Crippen LogP) is 7.38. The van der Waals surface area contributed by atoms with Crippen LogP contribution in [0.3, 0.4) is 0 Å². The highest BCUT2D eigenvalue weighted by Gasteiger charge is 2.23. The lowest BCUT2D eigenvalue weighted by Gasteiger charge is -2.30. The van der Waals surface area contributed by atoms with E-state index in [9.17, 15) is 0 Å². The zero-order chi connectivity index (χ0) is 16.8. The highest BCUT2D eigenvalue weighted by atomic mass is 14.3. The van der Waals surface area contributed by atoms with Crippen molar-refractivity contribution in [3.05, 3.63) is 59.7 Å². The minimum atomic E-state index is 0.754. The second-order valence-electron chi connectivity index (χ2n) is 7.54. The largest absolute Gasteiger partial charge is 0.0654 e. The molecule has 0 heterocycles. The zero-order valence-corrected chi connectivity index (χ0v) is 15.4. The Morgan fingerprint density at radius 2 is 1.50 bits per heavy atom. The van der Waals surface area contributed by atoms with Gasteiger partial charge in [0, 0.05) is 0 Å². The van der Waals surface area contributed by atoms with Gasteiger partial charge in [0.25, 0.3) is 0 Å². The SMILES string of the molecule is CCCc1ccc(-c2ccccc2[C@H]2CC[C@H](CCC)CC2)cc1. The van der Waals surface area contributed by atoms with E-state index in [4.69, 9.17) is 0 Å². The number of rotatable bonds is 6. The molecule has 2 aromatic rings. The minimum Gasteiger partial charge on any atom is -0.0654 e. The third-order valence-electron chi connectivity index (χ3n) is 5.75. The van der Waals surface area contributed by atoms with Crippen molar-refractivity contribution in [1.29, 1.82) is 0 Å². The van der Waals surface area contributed by atoms with Crippen molar-refractivity contribution >= 4 is 0 Å². The maximum atomic E-state index is 2.38. The van der Waals surface area contributed by atoms with Gasteiger partial charge in [0.1, 0.15) is 0 Å². The van der Waals surface area contributed by atoms with Crippen molar-refractivity contribution in [1.82, 2.24) is 0 Å². The highest BCUT2D eigenvalue weighted by Crippen LogP contribution is 2.41. The van der Waals surface area contributed by atoms with Gasteiger partial charge in [0.05, 0.1) is 0 Å². The molecular formula is C24H32. The third-order valence-corrected chi connectivity index (χ3v) is 5.75. The summed E-state index contributed by atoms with van der Waals surface area (Å²) in [7, 11) is 0. The molecule has 0 heteroatoms. The van der Waals surface area contributed by atoms with E-state index in [1.807, 2.05) is 0 Å². The summed E-state index contributed by atoms with van der Waals surface area (Å²) in [4.78, 5) is 0. The molecule has 0 spiro atoms. The molecule has 0 amide bonds. The smallest absolute Gasteiger partial charge is 0.0149 e. The zero-order valence-electron chi connectivity index (χ0n) is 15.4. The quantitative estimate of drug-likeness (QED) is 0.521. The second-order valence-corrected chi connectivity index (χ2v) is 7.54. The lowest BCUT2D eigenvalue weighted by atomic mass is 9.75. The molecule has 0 aromatic heterocycles. The summed E-state index contributed by atoms with van der Waals surface area (Å²) < 4.78 is 0. The van der Waals surface area contributed by atoms with Crippen LogP contribution in [0.15, 0.2) is 48.5 Å². The molecule has 1 aliphatic carbocycles. The first-order valence-corrected chi connectivity index (χ1v) is 10.00. The van der Waals surface area contributed by atoms with Crippen LogP contribution in [0.1, 0.15) is 75.8 Å². The van der Waals surface area contributed by atoms with Gasteiger partial charge in [-0.2, -0.15) is 0 Å². The monoisotopic (exact) mass is 320 g/mol. The topological polar surface area (TPSA) is 0 Å². The van der Waals surface area contributed by atoms with Gasteiger partial charge < -0.3 is 0 Å². The molecule has 0 saturated heterocycles. The summed E-state index contributed by atoms with van der Waals surface area (Å²) in [5.41, 5.74) is 5.88. The van der Waals surface area contributed by atoms with E-state index < -0.39 is 0 Å². The van der Waals surface area contributed by atoms with Crippen molar-refractivity contribution in [3.63, 3.8) is 0 Å². The Hall–Kier alpha value is -1.56. The average Bonchev–Trinajstić information content (AvgIpc) is 2.64. The maximum Gasteiger partial charge on any atom is -0.0149 e. The molecule has 2 aromatic carbocycles. The van der Waals surface area contributed by atoms with Crippen LogP contribution in [0.25, 0.3) is 11.1 Å². The number of hydrogen-bond donors (Lipinski definition) is 0. The van der Waals surface area contributed by atoms with Gasteiger partial charge in [-0.3, -0.25) is 0 Å². The Kier molecular flexibility index (Phi) is 6.12. The van der Waals surface area contributed by atoms with E-state index in [2.05, 4.69) is 62.4 Å². The molecular weight excluding hydrogens is 288 g/mol. The second kappa shape index (κ2) is 8.51. The van der Waals surface area contributed by atoms with Gasteiger partial charge in [-0.1, -0.05) is 81.6 Å². The first kappa shape index (κ1) is 17.3. The molecule has 1 saturated carbocycles. The van der Waals surface area contributed by atoms with E-state index in [-0.39, 0.29) is 0 Å². The lowest BCUT2D eigenvalue weighted by molar-refractivity contribution is 0.308. The van der Waals surface area contributed by atoms with E-state index >= 15 is 0 Å². The van der Waals surface area contributed by atoms with Crippen molar-refractivity contribution in [3.8, 4) is 11.1 Å². The van der Waals surface area contributed by atoms with Crippen LogP contribution < -0.4 is 0 Å². The van der Waals surface area contributed by atoms with Crippen LogP contribution in [0.4, 0.5) is 0 Å². The van der Waals surface area contributed by atoms with Crippen molar-refractivity contribution < 1.29 is 0 Å². The summed E-state index contributed by atoms with van der Waals surface area (Å²) in [6, 6.07) is 18.4. The van der Waals surface area contributed by atoms with Gasteiger partial charge in [0.2, 0.25) is 0 Å². The summed E-state index contributed by atoms with van der Waals surface area (Å²) in [5, 5.41) is 0. The Morgan fingerprint density at radius 1 is 0.792 bits per heavy atom. The van der Waals surface area contributed by atoms with Crippen molar-refractivity contribution in [2.45, 2.75) is 71.1 Å². The average molecular weight is 321 g/mol. The van der Waals surface area contributed by atoms with Gasteiger partial charge in [0.15, 0.2) is 0 Å². The van der Waals surface area contributed by atoms with E-state index in [0.29, 0.717) is 0 Å². The van der Waals surface area contributed by atoms with Crippen LogP contribution in [-0.4, -0.2) is 0 Å². The number of hydrogen-bond acceptors (Lipinski definition) is 0. The van der Waals surface area contributed by atoms with Gasteiger partial charge in [-0.05, 0) is 66.2 Å². The molecule has 1 fully saturated rings. The third kappa shape index (κ3) is 4.09. The molecule has 3 rings (SSSR count). The molecule has 0 bridgehead atoms. The van der Waals surface area contributed by atoms with Crippen LogP contribution in [0.5, 0.6) is 0 Å². The Balaban J connectivity index is 1.78. The predicted molar refractivity (Wildman–Crippen MR) is 105 cm³/mol. The normalized spacial score (nSPS) is 20.9. The van der Waals surface area contributed by atoms with Crippen LogP contribution in [0.2, 0.25) is 0 Å². The van der Waals surface area contributed by atoms with Crippen molar-refractivity contribution in [2.75, 3.05) is 0 Å². The minimum absolute atomic E-state index is 0.754. The summed E-state index contributed by atoms with van der Waals surface area (Å²) in [6.45, 7) is 4.57. The van der Waals surface area contributed by atoms with E-state index in [0.717, 1.165) is 11.8 Å². The molecule has 0 nitrogen and oxygen atoms in total. The Labute approximate surface area is 148 Å². The van der Waals surface area contributed by atoms with Crippen LogP contribution in [0, 0.1) is 5.92 Å². The van der Waals surface area contributed by atoms with Gasteiger partial charge in [-0.15, -0.1) is 0 Å². The van der Waals surface area contributed by atoms with Crippen LogP contribution in [-0.2, 0) is 6.42 Å². The Bertz CT molecular complexity index is 615. The fourth-order valence-electron chi connectivity index (χ4n) is 4.43. The van der Waals surface area contributed by atoms with E-state index in [1.54, 1.807) is 5.56 Å². The molecule has 0 N–H and O–H groups in total. The fourth-order valence-corrected chi connectivity index (χ4v) is 4.43. The van der Waals surface area contributed by atoms with Crippen LogP contribution >= 0.6 is 0 Å². The number of benzene rings is 2. The lowest BCUT2D eigenvalue weighted by Crippen LogP contribution is -2.13. The maximum absolute atomic E-state index is 2.38. The first-order chi connectivity index (χ1) is 11.8. The fraction of sp³-hybridized carbons (Fsp3) is 0.500. The van der Waals surface area contributed by atoms with Crippen molar-refractivity contribution in [2.24, 2.45) is 5.92 Å². The summed E-state index contributed by atoms with van der Waals surface area (Å²) in [6.07, 6.45) is 10.7. The molecule has 24 heavy (non-hydrogen) atoms.